The van der Waals surface area contributed by atoms with E-state index >= 15 is 0 Å². The van der Waals surface area contributed by atoms with Gasteiger partial charge in [0.2, 0.25) is 5.91 Å². The molecule has 1 saturated heterocycles. The summed E-state index contributed by atoms with van der Waals surface area (Å²) in [5.74, 6) is -0.884. The third-order valence-electron chi connectivity index (χ3n) is 2.66. The van der Waals surface area contributed by atoms with Gasteiger partial charge in [0.1, 0.15) is 0 Å². The summed E-state index contributed by atoms with van der Waals surface area (Å²) >= 11 is 0. The Balaban J connectivity index is 2.24. The van der Waals surface area contributed by atoms with Gasteiger partial charge in [0, 0.05) is 39.8 Å². The van der Waals surface area contributed by atoms with E-state index in [9.17, 15) is 9.59 Å². The van der Waals surface area contributed by atoms with Crippen molar-refractivity contribution in [3.05, 3.63) is 0 Å². The highest BCUT2D eigenvalue weighted by molar-refractivity contribution is 5.78. The van der Waals surface area contributed by atoms with Gasteiger partial charge in [-0.05, 0) is 0 Å². The van der Waals surface area contributed by atoms with Crippen molar-refractivity contribution in [3.8, 4) is 0 Å². The van der Waals surface area contributed by atoms with Gasteiger partial charge in [-0.25, -0.2) is 0 Å². The van der Waals surface area contributed by atoms with E-state index in [4.69, 9.17) is 5.11 Å². The molecule has 2 N–H and O–H groups in total. The maximum absolute atomic E-state index is 11.7. The van der Waals surface area contributed by atoms with E-state index < -0.39 is 5.97 Å². The van der Waals surface area contributed by atoms with Crippen molar-refractivity contribution in [2.75, 3.05) is 46.3 Å². The van der Waals surface area contributed by atoms with E-state index in [0.29, 0.717) is 6.54 Å². The van der Waals surface area contributed by atoms with Gasteiger partial charge < -0.3 is 15.3 Å². The van der Waals surface area contributed by atoms with Crippen molar-refractivity contribution in [3.63, 3.8) is 0 Å². The highest BCUT2D eigenvalue weighted by Crippen LogP contribution is 1.96. The van der Waals surface area contributed by atoms with Gasteiger partial charge in [0.25, 0.3) is 0 Å². The van der Waals surface area contributed by atoms with Crippen molar-refractivity contribution < 1.29 is 14.7 Å². The molecule has 1 heterocycles. The quantitative estimate of drug-likeness (QED) is 0.621. The normalized spacial score (nSPS) is 17.1. The number of amides is 1. The molecule has 16 heavy (non-hydrogen) atoms. The molecular formula is C10H19N3O3. The van der Waals surface area contributed by atoms with Crippen LogP contribution in [-0.2, 0) is 9.59 Å². The zero-order chi connectivity index (χ0) is 12.0. The summed E-state index contributed by atoms with van der Waals surface area (Å²) in [6.45, 7) is 4.23. The number of likely N-dealkylation sites (N-methyl/N-ethyl adjacent to an activating group) is 1. The minimum atomic E-state index is -0.873. The second-order valence-electron chi connectivity index (χ2n) is 3.99. The van der Waals surface area contributed by atoms with Crippen LogP contribution in [0.4, 0.5) is 0 Å². The Morgan fingerprint density at radius 2 is 2.00 bits per heavy atom. The molecule has 6 nitrogen and oxygen atoms in total. The van der Waals surface area contributed by atoms with Crippen LogP contribution in [0.5, 0.6) is 0 Å². The lowest BCUT2D eigenvalue weighted by Gasteiger charge is -2.28. The Morgan fingerprint density at radius 1 is 1.38 bits per heavy atom. The summed E-state index contributed by atoms with van der Waals surface area (Å²) < 4.78 is 0. The number of carboxylic acids is 1. The lowest BCUT2D eigenvalue weighted by Crippen LogP contribution is -2.48. The van der Waals surface area contributed by atoms with Gasteiger partial charge >= 0.3 is 5.97 Å². The summed E-state index contributed by atoms with van der Waals surface area (Å²) in [4.78, 5) is 25.6. The van der Waals surface area contributed by atoms with Gasteiger partial charge in [-0.15, -0.1) is 0 Å². The minimum Gasteiger partial charge on any atom is -0.481 e. The first-order valence-corrected chi connectivity index (χ1v) is 5.48. The van der Waals surface area contributed by atoms with Crippen LogP contribution >= 0.6 is 0 Å². The maximum Gasteiger partial charge on any atom is 0.305 e. The van der Waals surface area contributed by atoms with E-state index in [2.05, 4.69) is 10.2 Å². The molecule has 1 fully saturated rings. The van der Waals surface area contributed by atoms with Crippen LogP contribution in [-0.4, -0.2) is 73.1 Å². The van der Waals surface area contributed by atoms with Crippen molar-refractivity contribution in [1.82, 2.24) is 15.1 Å². The molecule has 0 aliphatic carbocycles. The molecule has 1 aliphatic heterocycles. The van der Waals surface area contributed by atoms with Crippen LogP contribution in [0.15, 0.2) is 0 Å². The molecule has 1 aliphatic rings. The average Bonchev–Trinajstić information content (AvgIpc) is 2.27. The maximum atomic E-state index is 11.7. The Kier molecular flexibility index (Phi) is 5.21. The molecule has 0 aromatic carbocycles. The number of piperazine rings is 1. The molecule has 0 atom stereocenters. The molecule has 0 aromatic rings. The fraction of sp³-hybridized carbons (Fsp3) is 0.800. The van der Waals surface area contributed by atoms with Crippen molar-refractivity contribution in [2.24, 2.45) is 0 Å². The number of carboxylic acid groups (broad SMARTS) is 1. The van der Waals surface area contributed by atoms with Crippen LogP contribution in [0.3, 0.4) is 0 Å². The van der Waals surface area contributed by atoms with Gasteiger partial charge in [0.05, 0.1) is 13.0 Å². The predicted octanol–water partition coefficient (Wildman–Crippen LogP) is -1.18. The highest BCUT2D eigenvalue weighted by atomic mass is 16.4. The second kappa shape index (κ2) is 6.44. The summed E-state index contributed by atoms with van der Waals surface area (Å²) in [7, 11) is 1.65. The Labute approximate surface area is 95.2 Å². The van der Waals surface area contributed by atoms with E-state index in [-0.39, 0.29) is 18.9 Å². The number of carbonyl (C=O) groups is 2. The Morgan fingerprint density at radius 3 is 2.56 bits per heavy atom. The SMILES string of the molecule is CN(CCC(=O)O)C(=O)CN1CCNCC1. The number of carbonyl (C=O) groups excluding carboxylic acids is 1. The summed E-state index contributed by atoms with van der Waals surface area (Å²) in [5.41, 5.74) is 0. The van der Waals surface area contributed by atoms with E-state index in [1.54, 1.807) is 7.05 Å². The molecule has 1 rings (SSSR count). The van der Waals surface area contributed by atoms with Gasteiger partial charge in [0.15, 0.2) is 0 Å². The molecule has 1 amide bonds. The number of nitrogens with one attached hydrogen (secondary N) is 1. The molecule has 0 bridgehead atoms. The van der Waals surface area contributed by atoms with E-state index in [0.717, 1.165) is 26.2 Å². The van der Waals surface area contributed by atoms with Crippen LogP contribution in [0, 0.1) is 0 Å². The van der Waals surface area contributed by atoms with Gasteiger partial charge in [-0.1, -0.05) is 0 Å². The van der Waals surface area contributed by atoms with E-state index in [1.807, 2.05) is 0 Å². The van der Waals surface area contributed by atoms with Crippen molar-refractivity contribution >= 4 is 11.9 Å². The lowest BCUT2D eigenvalue weighted by atomic mass is 10.3. The molecular weight excluding hydrogens is 210 g/mol. The highest BCUT2D eigenvalue weighted by Gasteiger charge is 2.16. The van der Waals surface area contributed by atoms with Crippen LogP contribution in [0.25, 0.3) is 0 Å². The lowest BCUT2D eigenvalue weighted by molar-refractivity contribution is -0.138. The predicted molar refractivity (Wildman–Crippen MR) is 59.2 cm³/mol. The number of hydrogen-bond acceptors (Lipinski definition) is 4. The topological polar surface area (TPSA) is 72.9 Å². The zero-order valence-corrected chi connectivity index (χ0v) is 9.61. The summed E-state index contributed by atoms with van der Waals surface area (Å²) in [5, 5.41) is 11.7. The molecule has 92 valence electrons. The molecule has 6 heteroatoms. The first-order valence-electron chi connectivity index (χ1n) is 5.48. The Bertz CT molecular complexity index is 252. The largest absolute Gasteiger partial charge is 0.481 e. The standard InChI is InChI=1S/C10H19N3O3/c1-12(5-2-10(15)16)9(14)8-13-6-3-11-4-7-13/h11H,2-8H2,1H3,(H,15,16). The zero-order valence-electron chi connectivity index (χ0n) is 9.61. The molecule has 0 saturated carbocycles. The smallest absolute Gasteiger partial charge is 0.305 e. The van der Waals surface area contributed by atoms with Crippen LogP contribution < -0.4 is 5.32 Å². The molecule has 0 aromatic heterocycles. The first kappa shape index (κ1) is 12.9. The average molecular weight is 229 g/mol. The number of nitrogens with zero attached hydrogens (tertiary/aromatic N) is 2. The number of hydrogen-bond donors (Lipinski definition) is 2. The summed E-state index contributed by atoms with van der Waals surface area (Å²) in [6, 6.07) is 0. The van der Waals surface area contributed by atoms with Gasteiger partial charge in [-0.2, -0.15) is 0 Å². The minimum absolute atomic E-state index is 0.00377. The first-order chi connectivity index (χ1) is 7.59. The third kappa shape index (κ3) is 4.59. The van der Waals surface area contributed by atoms with Crippen molar-refractivity contribution in [1.29, 1.82) is 0 Å². The fourth-order valence-corrected chi connectivity index (χ4v) is 1.57. The van der Waals surface area contributed by atoms with Gasteiger partial charge in [-0.3, -0.25) is 14.5 Å². The number of aliphatic carboxylic acids is 1. The molecule has 0 spiro atoms. The van der Waals surface area contributed by atoms with Crippen LogP contribution in [0.1, 0.15) is 6.42 Å². The second-order valence-corrected chi connectivity index (χ2v) is 3.99. The summed E-state index contributed by atoms with van der Waals surface area (Å²) in [6.07, 6.45) is 0.00377. The third-order valence-corrected chi connectivity index (χ3v) is 2.66. The fourth-order valence-electron chi connectivity index (χ4n) is 1.57. The molecule has 0 radical (unpaired) electrons. The monoisotopic (exact) mass is 229 g/mol. The van der Waals surface area contributed by atoms with Crippen LogP contribution in [0.2, 0.25) is 0 Å². The van der Waals surface area contributed by atoms with E-state index in [1.165, 1.54) is 4.90 Å². The molecule has 0 unspecified atom stereocenters. The van der Waals surface area contributed by atoms with Crippen molar-refractivity contribution in [2.45, 2.75) is 6.42 Å². The number of rotatable bonds is 5. The Hall–Kier alpha value is -1.14.